The summed E-state index contributed by atoms with van der Waals surface area (Å²) in [7, 11) is 1.23. The summed E-state index contributed by atoms with van der Waals surface area (Å²) in [6.45, 7) is 0. The summed E-state index contributed by atoms with van der Waals surface area (Å²) < 4.78 is 42.5. The molecule has 2 rings (SSSR count). The summed E-state index contributed by atoms with van der Waals surface area (Å²) in [5.74, 6) is -0.526. The summed E-state index contributed by atoms with van der Waals surface area (Å²) >= 11 is 1.63. The molecule has 7 heteroatoms. The standard InChI is InChI=1S/C9H5F3O2S2/c1-14-8(13)6-2-4-5(15-6)3-7(16-4)9(10,11)12/h2-3H,1H3. The van der Waals surface area contributed by atoms with Crippen LogP contribution in [0.2, 0.25) is 0 Å². The third-order valence-electron chi connectivity index (χ3n) is 1.87. The molecule has 16 heavy (non-hydrogen) atoms. The highest BCUT2D eigenvalue weighted by molar-refractivity contribution is 7.28. The highest BCUT2D eigenvalue weighted by atomic mass is 32.1. The van der Waals surface area contributed by atoms with Crippen molar-refractivity contribution in [3.63, 3.8) is 0 Å². The minimum atomic E-state index is -4.32. The molecule has 0 fully saturated rings. The largest absolute Gasteiger partial charge is 0.465 e. The van der Waals surface area contributed by atoms with E-state index >= 15 is 0 Å². The van der Waals surface area contributed by atoms with Gasteiger partial charge in [-0.15, -0.1) is 22.7 Å². The Balaban J connectivity index is 2.44. The third-order valence-corrected chi connectivity index (χ3v) is 4.19. The van der Waals surface area contributed by atoms with Gasteiger partial charge in [-0.1, -0.05) is 0 Å². The molecule has 0 amide bonds. The van der Waals surface area contributed by atoms with E-state index in [4.69, 9.17) is 0 Å². The Labute approximate surface area is 96.3 Å². The van der Waals surface area contributed by atoms with E-state index in [0.717, 1.165) is 17.4 Å². The van der Waals surface area contributed by atoms with Gasteiger partial charge in [-0.3, -0.25) is 0 Å². The van der Waals surface area contributed by atoms with E-state index < -0.39 is 17.0 Å². The number of fused-ring (bicyclic) bond motifs is 1. The van der Waals surface area contributed by atoms with E-state index in [1.165, 1.54) is 13.2 Å². The maximum absolute atomic E-state index is 12.4. The first-order valence-electron chi connectivity index (χ1n) is 4.10. The number of methoxy groups -OCH3 is 1. The lowest BCUT2D eigenvalue weighted by Gasteiger charge is -2.00. The van der Waals surface area contributed by atoms with Crippen molar-refractivity contribution in [2.75, 3.05) is 7.11 Å². The molecule has 0 aromatic carbocycles. The van der Waals surface area contributed by atoms with Crippen LogP contribution in [0.5, 0.6) is 0 Å². The Morgan fingerprint density at radius 3 is 2.38 bits per heavy atom. The van der Waals surface area contributed by atoms with Gasteiger partial charge >= 0.3 is 12.1 Å². The van der Waals surface area contributed by atoms with Crippen LogP contribution in [0, 0.1) is 0 Å². The van der Waals surface area contributed by atoms with Crippen LogP contribution in [0.3, 0.4) is 0 Å². The van der Waals surface area contributed by atoms with Gasteiger partial charge in [0, 0.05) is 9.40 Å². The smallest absolute Gasteiger partial charge is 0.425 e. The van der Waals surface area contributed by atoms with Crippen molar-refractivity contribution in [2.45, 2.75) is 6.18 Å². The van der Waals surface area contributed by atoms with Crippen molar-refractivity contribution in [2.24, 2.45) is 0 Å². The third kappa shape index (κ3) is 1.92. The summed E-state index contributed by atoms with van der Waals surface area (Å²) in [5.41, 5.74) is 0. The summed E-state index contributed by atoms with van der Waals surface area (Å²) in [6.07, 6.45) is -4.32. The van der Waals surface area contributed by atoms with Crippen LogP contribution in [-0.4, -0.2) is 13.1 Å². The maximum atomic E-state index is 12.4. The number of alkyl halides is 3. The van der Waals surface area contributed by atoms with E-state index in [2.05, 4.69) is 4.74 Å². The van der Waals surface area contributed by atoms with E-state index in [-0.39, 0.29) is 0 Å². The molecule has 0 bridgehead atoms. The average Bonchev–Trinajstić information content (AvgIpc) is 2.71. The highest BCUT2D eigenvalue weighted by Gasteiger charge is 2.33. The van der Waals surface area contributed by atoms with E-state index in [0.29, 0.717) is 25.6 Å². The van der Waals surface area contributed by atoms with Crippen molar-refractivity contribution in [3.8, 4) is 0 Å². The lowest BCUT2D eigenvalue weighted by atomic mass is 10.4. The highest BCUT2D eigenvalue weighted by Crippen LogP contribution is 2.41. The maximum Gasteiger partial charge on any atom is 0.425 e. The summed E-state index contributed by atoms with van der Waals surface area (Å²) in [6, 6.07) is 2.48. The number of ether oxygens (including phenoxy) is 1. The number of carbonyl (C=O) groups is 1. The van der Waals surface area contributed by atoms with Gasteiger partial charge in [0.15, 0.2) is 0 Å². The predicted octanol–water partition coefficient (Wildman–Crippen LogP) is 3.77. The fourth-order valence-electron chi connectivity index (χ4n) is 1.18. The zero-order valence-corrected chi connectivity index (χ0v) is 9.55. The first-order chi connectivity index (χ1) is 7.41. The molecule has 0 atom stereocenters. The lowest BCUT2D eigenvalue weighted by Crippen LogP contribution is -2.00. The van der Waals surface area contributed by atoms with Crippen LogP contribution in [0.25, 0.3) is 9.40 Å². The van der Waals surface area contributed by atoms with Gasteiger partial charge in [0.25, 0.3) is 0 Å². The van der Waals surface area contributed by atoms with Gasteiger partial charge in [-0.2, -0.15) is 13.2 Å². The second-order valence-corrected chi connectivity index (χ2v) is 5.11. The van der Waals surface area contributed by atoms with Crippen molar-refractivity contribution in [3.05, 3.63) is 21.9 Å². The van der Waals surface area contributed by atoms with Gasteiger partial charge in [-0.05, 0) is 12.1 Å². The summed E-state index contributed by atoms with van der Waals surface area (Å²) in [4.78, 5) is 10.8. The minimum absolute atomic E-state index is 0.317. The number of hydrogen-bond donors (Lipinski definition) is 0. The normalized spacial score (nSPS) is 12.0. The lowest BCUT2D eigenvalue weighted by molar-refractivity contribution is -0.134. The van der Waals surface area contributed by atoms with Crippen LogP contribution < -0.4 is 0 Å². The quantitative estimate of drug-likeness (QED) is 0.734. The topological polar surface area (TPSA) is 26.3 Å². The molecule has 0 saturated heterocycles. The molecule has 2 aromatic heterocycles. The Hall–Kier alpha value is -1.08. The SMILES string of the molecule is COC(=O)c1cc2sc(C(F)(F)F)cc2s1. The van der Waals surface area contributed by atoms with E-state index in [1.807, 2.05) is 0 Å². The molecule has 2 nitrogen and oxygen atoms in total. The first-order valence-corrected chi connectivity index (χ1v) is 5.74. The molecule has 2 heterocycles. The molecular formula is C9H5F3O2S2. The zero-order chi connectivity index (χ0) is 11.9. The zero-order valence-electron chi connectivity index (χ0n) is 7.92. The minimum Gasteiger partial charge on any atom is -0.465 e. The molecule has 0 saturated carbocycles. The number of hydrogen-bond acceptors (Lipinski definition) is 4. The number of esters is 1. The Kier molecular flexibility index (Phi) is 2.67. The second kappa shape index (κ2) is 3.74. The van der Waals surface area contributed by atoms with Crippen LogP contribution in [-0.2, 0) is 10.9 Å². The fraction of sp³-hybridized carbons (Fsp3) is 0.222. The Morgan fingerprint density at radius 1 is 1.25 bits per heavy atom. The van der Waals surface area contributed by atoms with Crippen molar-refractivity contribution >= 4 is 38.0 Å². The summed E-state index contributed by atoms with van der Waals surface area (Å²) in [5, 5.41) is 0. The molecule has 0 aliphatic rings. The van der Waals surface area contributed by atoms with Crippen LogP contribution in [0.1, 0.15) is 14.5 Å². The molecule has 0 aliphatic heterocycles. The molecule has 0 spiro atoms. The number of thiophene rings is 2. The van der Waals surface area contributed by atoms with Crippen LogP contribution in [0.15, 0.2) is 12.1 Å². The number of rotatable bonds is 1. The van der Waals surface area contributed by atoms with Crippen molar-refractivity contribution in [1.29, 1.82) is 0 Å². The van der Waals surface area contributed by atoms with Gasteiger partial charge < -0.3 is 4.74 Å². The van der Waals surface area contributed by atoms with Crippen LogP contribution in [0.4, 0.5) is 13.2 Å². The van der Waals surface area contributed by atoms with Crippen molar-refractivity contribution in [1.82, 2.24) is 0 Å². The molecule has 86 valence electrons. The molecule has 2 aromatic rings. The first kappa shape index (κ1) is 11.4. The molecule has 0 aliphatic carbocycles. The van der Waals surface area contributed by atoms with Crippen molar-refractivity contribution < 1.29 is 22.7 Å². The predicted molar refractivity (Wildman–Crippen MR) is 56.0 cm³/mol. The number of halogens is 3. The molecule has 0 N–H and O–H groups in total. The Bertz CT molecular complexity index is 507. The average molecular weight is 266 g/mol. The fourth-order valence-corrected chi connectivity index (χ4v) is 3.36. The van der Waals surface area contributed by atoms with E-state index in [9.17, 15) is 18.0 Å². The second-order valence-electron chi connectivity index (χ2n) is 2.94. The van der Waals surface area contributed by atoms with Crippen LogP contribution >= 0.6 is 22.7 Å². The molecule has 0 unspecified atom stereocenters. The van der Waals surface area contributed by atoms with Gasteiger partial charge in [0.2, 0.25) is 0 Å². The Morgan fingerprint density at radius 2 is 1.88 bits per heavy atom. The molecule has 0 radical (unpaired) electrons. The van der Waals surface area contributed by atoms with E-state index in [1.54, 1.807) is 0 Å². The van der Waals surface area contributed by atoms with Gasteiger partial charge in [0.05, 0.1) is 7.11 Å². The van der Waals surface area contributed by atoms with Gasteiger partial charge in [0.1, 0.15) is 9.75 Å². The van der Waals surface area contributed by atoms with Gasteiger partial charge in [-0.25, -0.2) is 4.79 Å². The number of carbonyl (C=O) groups excluding carboxylic acids is 1. The molecular weight excluding hydrogens is 261 g/mol. The monoisotopic (exact) mass is 266 g/mol.